The Balaban J connectivity index is 2.84. The van der Waals surface area contributed by atoms with Crippen molar-refractivity contribution in [2.75, 3.05) is 13.7 Å². The zero-order chi connectivity index (χ0) is 16.3. The zero-order valence-corrected chi connectivity index (χ0v) is 13.9. The Morgan fingerprint density at radius 2 is 1.86 bits per heavy atom. The van der Waals surface area contributed by atoms with Gasteiger partial charge in [0.2, 0.25) is 0 Å². The number of methoxy groups -OCH3 is 1. The molecule has 5 heteroatoms. The third-order valence-electron chi connectivity index (χ3n) is 4.02. The van der Waals surface area contributed by atoms with Crippen molar-refractivity contribution in [1.82, 2.24) is 4.90 Å². The molecule has 0 aromatic carbocycles. The molecule has 0 amide bonds. The van der Waals surface area contributed by atoms with Crippen molar-refractivity contribution in [1.29, 1.82) is 5.26 Å². The number of ether oxygens (including phenoxy) is 2. The van der Waals surface area contributed by atoms with E-state index in [1.54, 1.807) is 6.92 Å². The minimum atomic E-state index is -0.409. The number of hydrogen-bond acceptors (Lipinski definition) is 5. The number of esters is 1. The van der Waals surface area contributed by atoms with Gasteiger partial charge >= 0.3 is 5.97 Å². The summed E-state index contributed by atoms with van der Waals surface area (Å²) in [6, 6.07) is 2.25. The van der Waals surface area contributed by atoms with Crippen LogP contribution in [0.5, 0.6) is 0 Å². The van der Waals surface area contributed by atoms with Crippen molar-refractivity contribution in [2.45, 2.75) is 64.6 Å². The second-order valence-corrected chi connectivity index (χ2v) is 6.80. The Hall–Kier alpha value is -1.54. The number of nitrogens with zero attached hydrogens (tertiary/aromatic N) is 2. The van der Waals surface area contributed by atoms with Crippen LogP contribution in [0.1, 0.15) is 47.5 Å². The van der Waals surface area contributed by atoms with Crippen molar-refractivity contribution in [3.05, 3.63) is 11.8 Å². The van der Waals surface area contributed by atoms with E-state index in [2.05, 4.69) is 43.4 Å². The second-order valence-electron chi connectivity index (χ2n) is 6.80. The topological polar surface area (TPSA) is 62.6 Å². The molecule has 0 aromatic rings. The molecular formula is C16H26N2O3. The van der Waals surface area contributed by atoms with Crippen LogP contribution in [-0.2, 0) is 14.3 Å². The van der Waals surface area contributed by atoms with E-state index in [-0.39, 0.29) is 17.2 Å². The number of likely N-dealkylation sites (tertiary alicyclic amines) is 1. The number of piperidine rings is 1. The fourth-order valence-electron chi connectivity index (χ4n) is 3.33. The highest BCUT2D eigenvalue weighted by Crippen LogP contribution is 2.39. The summed E-state index contributed by atoms with van der Waals surface area (Å²) in [7, 11) is 1.35. The van der Waals surface area contributed by atoms with Crippen LogP contribution >= 0.6 is 0 Å². The molecule has 0 aromatic heterocycles. The Morgan fingerprint density at radius 1 is 1.33 bits per heavy atom. The van der Waals surface area contributed by atoms with Crippen LogP contribution in [0.4, 0.5) is 0 Å². The van der Waals surface area contributed by atoms with Gasteiger partial charge in [-0.2, -0.15) is 5.26 Å². The Bertz CT molecular complexity index is 443. The molecule has 0 bridgehead atoms. The third kappa shape index (κ3) is 4.47. The number of carbonyl (C=O) groups excluding carboxylic acids is 1. The highest BCUT2D eigenvalue weighted by Gasteiger charge is 2.45. The van der Waals surface area contributed by atoms with Crippen molar-refractivity contribution < 1.29 is 14.3 Å². The first-order valence-electron chi connectivity index (χ1n) is 7.20. The number of allylic oxidation sites excluding steroid dienone is 1. The monoisotopic (exact) mass is 294 g/mol. The summed E-state index contributed by atoms with van der Waals surface area (Å²) in [6.07, 6.45) is 3.00. The second kappa shape index (κ2) is 6.48. The molecule has 0 unspecified atom stereocenters. The first-order chi connectivity index (χ1) is 9.62. The smallest absolute Gasteiger partial charge is 0.333 e. The average molecular weight is 294 g/mol. The highest BCUT2D eigenvalue weighted by atomic mass is 16.5. The van der Waals surface area contributed by atoms with Crippen LogP contribution in [0.15, 0.2) is 11.8 Å². The van der Waals surface area contributed by atoms with E-state index in [0.29, 0.717) is 12.3 Å². The summed E-state index contributed by atoms with van der Waals surface area (Å²) in [5.41, 5.74) is -0.263. The van der Waals surface area contributed by atoms with Gasteiger partial charge in [-0.15, -0.1) is 0 Å². The van der Waals surface area contributed by atoms with Gasteiger partial charge in [0.25, 0.3) is 0 Å². The minimum absolute atomic E-state index is 0.0193. The van der Waals surface area contributed by atoms with E-state index in [9.17, 15) is 4.79 Å². The molecule has 5 nitrogen and oxygen atoms in total. The maximum atomic E-state index is 11.2. The molecule has 1 aliphatic heterocycles. The summed E-state index contributed by atoms with van der Waals surface area (Å²) < 4.78 is 10.5. The lowest BCUT2D eigenvalue weighted by Gasteiger charge is -2.54. The molecule has 1 fully saturated rings. The van der Waals surface area contributed by atoms with Crippen LogP contribution in [0.25, 0.3) is 0 Å². The van der Waals surface area contributed by atoms with Crippen molar-refractivity contribution in [3.8, 4) is 6.07 Å². The van der Waals surface area contributed by atoms with E-state index < -0.39 is 5.97 Å². The normalized spacial score (nSPS) is 22.4. The zero-order valence-electron chi connectivity index (χ0n) is 13.9. The summed E-state index contributed by atoms with van der Waals surface area (Å²) in [6.45, 7) is 10.7. The maximum absolute atomic E-state index is 11.2. The average Bonchev–Trinajstić information content (AvgIpc) is 2.32. The quantitative estimate of drug-likeness (QED) is 0.345. The predicted molar refractivity (Wildman–Crippen MR) is 80.4 cm³/mol. The van der Waals surface area contributed by atoms with Gasteiger partial charge in [-0.1, -0.05) is 0 Å². The molecule has 1 aliphatic rings. The van der Waals surface area contributed by atoms with Gasteiger partial charge < -0.3 is 9.47 Å². The van der Waals surface area contributed by atoms with E-state index >= 15 is 0 Å². The molecule has 0 N–H and O–H groups in total. The number of hydrogen-bond donors (Lipinski definition) is 0. The molecule has 21 heavy (non-hydrogen) atoms. The molecule has 0 atom stereocenters. The number of rotatable bonds is 4. The van der Waals surface area contributed by atoms with Crippen molar-refractivity contribution in [3.63, 3.8) is 0 Å². The maximum Gasteiger partial charge on any atom is 0.333 e. The lowest BCUT2D eigenvalue weighted by Crippen LogP contribution is -2.62. The predicted octanol–water partition coefficient (Wildman–Crippen LogP) is 2.62. The molecule has 118 valence electrons. The summed E-state index contributed by atoms with van der Waals surface area (Å²) in [5.74, 6) is 0.153. The van der Waals surface area contributed by atoms with Gasteiger partial charge in [-0.3, -0.25) is 4.90 Å². The molecule has 0 aliphatic carbocycles. The van der Waals surface area contributed by atoms with Gasteiger partial charge in [0.05, 0.1) is 25.8 Å². The van der Waals surface area contributed by atoms with Gasteiger partial charge in [0, 0.05) is 23.9 Å². The van der Waals surface area contributed by atoms with Gasteiger partial charge in [-0.05, 0) is 34.6 Å². The molecule has 0 saturated carbocycles. The Morgan fingerprint density at radius 3 is 2.29 bits per heavy atom. The van der Waals surface area contributed by atoms with Crippen molar-refractivity contribution >= 4 is 5.97 Å². The van der Waals surface area contributed by atoms with Crippen LogP contribution in [0.2, 0.25) is 0 Å². The first-order valence-corrected chi connectivity index (χ1v) is 7.20. The summed E-state index contributed by atoms with van der Waals surface area (Å²) in [4.78, 5) is 13.5. The van der Waals surface area contributed by atoms with Gasteiger partial charge in [0.15, 0.2) is 0 Å². The summed E-state index contributed by atoms with van der Waals surface area (Å²) >= 11 is 0. The molecular weight excluding hydrogens is 268 g/mol. The third-order valence-corrected chi connectivity index (χ3v) is 4.02. The molecule has 1 saturated heterocycles. The molecule has 0 spiro atoms. The van der Waals surface area contributed by atoms with E-state index in [1.165, 1.54) is 13.2 Å². The lowest BCUT2D eigenvalue weighted by atomic mass is 9.78. The first kappa shape index (κ1) is 17.5. The van der Waals surface area contributed by atoms with E-state index in [0.717, 1.165) is 12.8 Å². The standard InChI is InChI=1S/C16H26N2O3/c1-12(9-14(19)20-6)21-13-10-15(2,3)18(8-7-17)16(4,5)11-13/h9,13H,8,10-11H2,1-6H3/b12-9-. The summed E-state index contributed by atoms with van der Waals surface area (Å²) in [5, 5.41) is 9.04. The highest BCUT2D eigenvalue weighted by molar-refractivity contribution is 5.82. The van der Waals surface area contributed by atoms with Gasteiger partial charge in [0.1, 0.15) is 11.9 Å². The Kier molecular flexibility index (Phi) is 5.41. The molecule has 1 heterocycles. The Labute approximate surface area is 127 Å². The van der Waals surface area contributed by atoms with E-state index in [4.69, 9.17) is 10.00 Å². The molecule has 0 radical (unpaired) electrons. The number of nitriles is 1. The lowest BCUT2D eigenvalue weighted by molar-refractivity contribution is -0.135. The fraction of sp³-hybridized carbons (Fsp3) is 0.750. The van der Waals surface area contributed by atoms with Gasteiger partial charge in [-0.25, -0.2) is 4.79 Å². The fourth-order valence-corrected chi connectivity index (χ4v) is 3.33. The largest absolute Gasteiger partial charge is 0.495 e. The van der Waals surface area contributed by atoms with Crippen LogP contribution in [0.3, 0.4) is 0 Å². The van der Waals surface area contributed by atoms with Crippen LogP contribution in [-0.4, -0.2) is 41.7 Å². The van der Waals surface area contributed by atoms with Crippen LogP contribution < -0.4 is 0 Å². The van der Waals surface area contributed by atoms with Crippen LogP contribution in [0, 0.1) is 11.3 Å². The van der Waals surface area contributed by atoms with E-state index in [1.807, 2.05) is 0 Å². The molecule has 1 rings (SSSR count). The minimum Gasteiger partial charge on any atom is -0.495 e. The van der Waals surface area contributed by atoms with Crippen molar-refractivity contribution in [2.24, 2.45) is 0 Å². The number of carbonyl (C=O) groups is 1. The SMILES string of the molecule is COC(=O)/C=C(/C)OC1CC(C)(C)N(CC#N)C(C)(C)C1.